The number of carbonyl (C=O) groups excluding carboxylic acids is 3. The molecule has 0 spiro atoms. The predicted molar refractivity (Wildman–Crippen MR) is 127 cm³/mol. The third-order valence-electron chi connectivity index (χ3n) is 5.66. The Labute approximate surface area is 198 Å². The van der Waals surface area contributed by atoms with Crippen LogP contribution in [0.2, 0.25) is 0 Å². The van der Waals surface area contributed by atoms with E-state index in [1.165, 1.54) is 6.92 Å². The highest BCUT2D eigenvalue weighted by Gasteiger charge is 2.48. The van der Waals surface area contributed by atoms with Crippen molar-refractivity contribution in [2.75, 3.05) is 5.32 Å². The number of ether oxygens (including phenoxy) is 2. The summed E-state index contributed by atoms with van der Waals surface area (Å²) < 4.78 is 11.3. The summed E-state index contributed by atoms with van der Waals surface area (Å²) in [4.78, 5) is 39.1. The average Bonchev–Trinajstić information content (AvgIpc) is 2.84. The van der Waals surface area contributed by atoms with Crippen LogP contribution in [0.3, 0.4) is 0 Å². The highest BCUT2D eigenvalue weighted by molar-refractivity contribution is 6.15. The van der Waals surface area contributed by atoms with Crippen LogP contribution in [-0.2, 0) is 32.1 Å². The van der Waals surface area contributed by atoms with E-state index in [-0.39, 0.29) is 13.0 Å². The molecule has 7 heteroatoms. The molecule has 4 rings (SSSR count). The van der Waals surface area contributed by atoms with Gasteiger partial charge in [-0.15, -0.1) is 0 Å². The molecule has 2 amide bonds. The van der Waals surface area contributed by atoms with Crippen LogP contribution in [0.5, 0.6) is 5.75 Å². The van der Waals surface area contributed by atoms with Gasteiger partial charge in [-0.25, -0.2) is 4.79 Å². The highest BCUT2D eigenvalue weighted by atomic mass is 16.5. The van der Waals surface area contributed by atoms with E-state index < -0.39 is 29.4 Å². The maximum atomic E-state index is 13.3. The van der Waals surface area contributed by atoms with Crippen molar-refractivity contribution in [3.63, 3.8) is 0 Å². The van der Waals surface area contributed by atoms with E-state index in [4.69, 9.17) is 9.47 Å². The third kappa shape index (κ3) is 5.09. The van der Waals surface area contributed by atoms with Gasteiger partial charge in [0.25, 0.3) is 17.4 Å². The zero-order chi connectivity index (χ0) is 24.1. The Morgan fingerprint density at radius 2 is 1.65 bits per heavy atom. The number of anilines is 1. The second kappa shape index (κ2) is 9.79. The van der Waals surface area contributed by atoms with Crippen molar-refractivity contribution in [3.8, 4) is 5.75 Å². The van der Waals surface area contributed by atoms with Crippen molar-refractivity contribution in [2.45, 2.75) is 38.5 Å². The summed E-state index contributed by atoms with van der Waals surface area (Å²) in [6.07, 6.45) is 0.202. The summed E-state index contributed by atoms with van der Waals surface area (Å²) in [6.45, 7) is 3.34. The van der Waals surface area contributed by atoms with Crippen LogP contribution < -0.4 is 15.4 Å². The van der Waals surface area contributed by atoms with E-state index in [2.05, 4.69) is 10.6 Å². The SMILES string of the molecule is Cc1ccc2c(c1)O[C@](C)(C(=O)N[C@H](Cc1ccccc1)C(=O)OCc1ccccc1)C(=O)N2. The first-order valence-electron chi connectivity index (χ1n) is 11.0. The van der Waals surface area contributed by atoms with Crippen LogP contribution in [0.25, 0.3) is 0 Å². The summed E-state index contributed by atoms with van der Waals surface area (Å²) in [5.41, 5.74) is 1.22. The lowest BCUT2D eigenvalue weighted by Crippen LogP contribution is -2.61. The molecule has 0 aliphatic carbocycles. The summed E-state index contributed by atoms with van der Waals surface area (Å²) in [6, 6.07) is 22.8. The lowest BCUT2D eigenvalue weighted by atomic mass is 9.99. The smallest absolute Gasteiger partial charge is 0.329 e. The van der Waals surface area contributed by atoms with Crippen LogP contribution in [0.15, 0.2) is 78.9 Å². The minimum atomic E-state index is -1.85. The van der Waals surface area contributed by atoms with E-state index in [1.54, 1.807) is 12.1 Å². The first-order valence-corrected chi connectivity index (χ1v) is 11.0. The number of aryl methyl sites for hydroxylation is 1. The van der Waals surface area contributed by atoms with Gasteiger partial charge in [0.15, 0.2) is 0 Å². The Balaban J connectivity index is 1.53. The number of carbonyl (C=O) groups is 3. The van der Waals surface area contributed by atoms with Crippen molar-refractivity contribution in [2.24, 2.45) is 0 Å². The number of nitrogens with one attached hydrogen (secondary N) is 2. The summed E-state index contributed by atoms with van der Waals surface area (Å²) in [5.74, 6) is -1.55. The number of rotatable bonds is 7. The maximum absolute atomic E-state index is 13.3. The van der Waals surface area contributed by atoms with Crippen molar-refractivity contribution in [1.82, 2.24) is 5.32 Å². The van der Waals surface area contributed by atoms with E-state index in [0.717, 1.165) is 16.7 Å². The van der Waals surface area contributed by atoms with Gasteiger partial charge >= 0.3 is 5.97 Å². The maximum Gasteiger partial charge on any atom is 0.329 e. The molecule has 0 bridgehead atoms. The molecule has 2 N–H and O–H groups in total. The van der Waals surface area contributed by atoms with Crippen LogP contribution in [0, 0.1) is 6.92 Å². The Morgan fingerprint density at radius 1 is 1.00 bits per heavy atom. The molecule has 2 atom stereocenters. The molecule has 174 valence electrons. The van der Waals surface area contributed by atoms with Gasteiger partial charge in [0.2, 0.25) is 0 Å². The number of amides is 2. The molecule has 3 aromatic rings. The topological polar surface area (TPSA) is 93.7 Å². The van der Waals surface area contributed by atoms with Gasteiger partial charge in [-0.05, 0) is 42.7 Å². The van der Waals surface area contributed by atoms with Crippen LogP contribution in [0.4, 0.5) is 5.69 Å². The number of hydrogen-bond donors (Lipinski definition) is 2. The molecular formula is C27H26N2O5. The van der Waals surface area contributed by atoms with E-state index in [9.17, 15) is 14.4 Å². The van der Waals surface area contributed by atoms with Crippen molar-refractivity contribution in [1.29, 1.82) is 0 Å². The molecule has 3 aromatic carbocycles. The second-order valence-corrected chi connectivity index (χ2v) is 8.40. The third-order valence-corrected chi connectivity index (χ3v) is 5.66. The molecule has 0 radical (unpaired) electrons. The first-order chi connectivity index (χ1) is 16.3. The van der Waals surface area contributed by atoms with Gasteiger partial charge in [-0.2, -0.15) is 0 Å². The molecule has 0 fully saturated rings. The van der Waals surface area contributed by atoms with Gasteiger partial charge < -0.3 is 20.1 Å². The number of fused-ring (bicyclic) bond motifs is 1. The summed E-state index contributed by atoms with van der Waals surface area (Å²) in [5, 5.41) is 5.40. The summed E-state index contributed by atoms with van der Waals surface area (Å²) in [7, 11) is 0. The van der Waals surface area contributed by atoms with E-state index >= 15 is 0 Å². The largest absolute Gasteiger partial charge is 0.466 e. The minimum absolute atomic E-state index is 0.0712. The predicted octanol–water partition coefficient (Wildman–Crippen LogP) is 3.56. The molecular weight excluding hydrogens is 432 g/mol. The van der Waals surface area contributed by atoms with Gasteiger partial charge in [-0.1, -0.05) is 66.7 Å². The highest BCUT2D eigenvalue weighted by Crippen LogP contribution is 2.34. The number of hydrogen-bond acceptors (Lipinski definition) is 5. The molecule has 7 nitrogen and oxygen atoms in total. The molecule has 1 aliphatic rings. The molecule has 1 heterocycles. The van der Waals surface area contributed by atoms with E-state index in [0.29, 0.717) is 11.4 Å². The fourth-order valence-electron chi connectivity index (χ4n) is 3.64. The normalized spacial score (nSPS) is 17.5. The van der Waals surface area contributed by atoms with Crippen LogP contribution in [-0.4, -0.2) is 29.4 Å². The Morgan fingerprint density at radius 3 is 2.32 bits per heavy atom. The van der Waals surface area contributed by atoms with Gasteiger partial charge in [0, 0.05) is 6.42 Å². The van der Waals surface area contributed by atoms with Gasteiger partial charge in [0.1, 0.15) is 18.4 Å². The van der Waals surface area contributed by atoms with Gasteiger partial charge in [-0.3, -0.25) is 9.59 Å². The molecule has 0 saturated heterocycles. The number of esters is 1. The monoisotopic (exact) mass is 458 g/mol. The molecule has 34 heavy (non-hydrogen) atoms. The van der Waals surface area contributed by atoms with E-state index in [1.807, 2.05) is 73.7 Å². The van der Waals surface area contributed by atoms with Crippen molar-refractivity contribution in [3.05, 3.63) is 95.6 Å². The lowest BCUT2D eigenvalue weighted by Gasteiger charge is -2.34. The standard InChI is InChI=1S/C27H26N2O5/c1-18-13-14-21-23(15-18)34-27(2,25(31)28-21)26(32)29-22(16-19-9-5-3-6-10-19)24(30)33-17-20-11-7-4-8-12-20/h3-15,22H,16-17H2,1-2H3,(H,28,31)(H,29,32)/t22-,27+/m1/s1. The molecule has 1 aliphatic heterocycles. The molecule has 0 aromatic heterocycles. The minimum Gasteiger partial charge on any atom is -0.466 e. The summed E-state index contributed by atoms with van der Waals surface area (Å²) >= 11 is 0. The quantitative estimate of drug-likeness (QED) is 0.417. The molecule has 0 saturated carbocycles. The van der Waals surface area contributed by atoms with Crippen LogP contribution in [0.1, 0.15) is 23.6 Å². The molecule has 0 unspecified atom stereocenters. The van der Waals surface area contributed by atoms with Crippen molar-refractivity contribution < 1.29 is 23.9 Å². The second-order valence-electron chi connectivity index (χ2n) is 8.40. The van der Waals surface area contributed by atoms with Crippen LogP contribution >= 0.6 is 0 Å². The Hall–Kier alpha value is -4.13. The zero-order valence-electron chi connectivity index (χ0n) is 19.0. The Kier molecular flexibility index (Phi) is 6.63. The fraction of sp³-hybridized carbons (Fsp3) is 0.222. The van der Waals surface area contributed by atoms with Crippen molar-refractivity contribution >= 4 is 23.5 Å². The first kappa shape index (κ1) is 23.0. The van der Waals surface area contributed by atoms with Gasteiger partial charge in [0.05, 0.1) is 5.69 Å². The lowest BCUT2D eigenvalue weighted by molar-refractivity contribution is -0.154. The fourth-order valence-corrected chi connectivity index (χ4v) is 3.64. The average molecular weight is 459 g/mol. The number of benzene rings is 3. The zero-order valence-corrected chi connectivity index (χ0v) is 19.0. The Bertz CT molecular complexity index is 1200.